The van der Waals surface area contributed by atoms with Gasteiger partial charge in [0.2, 0.25) is 11.8 Å². The van der Waals surface area contributed by atoms with E-state index in [1.165, 1.54) is 4.88 Å². The summed E-state index contributed by atoms with van der Waals surface area (Å²) in [5.74, 6) is 0.616. The first-order valence-electron chi connectivity index (χ1n) is 12.8. The Labute approximate surface area is 214 Å². The molecule has 0 unspecified atom stereocenters. The lowest BCUT2D eigenvalue weighted by Gasteiger charge is -2.31. The van der Waals surface area contributed by atoms with Crippen LogP contribution < -0.4 is 5.32 Å². The molecule has 0 saturated carbocycles. The van der Waals surface area contributed by atoms with Gasteiger partial charge in [-0.15, -0.1) is 11.3 Å². The van der Waals surface area contributed by atoms with Crippen LogP contribution in [0.1, 0.15) is 82.4 Å². The summed E-state index contributed by atoms with van der Waals surface area (Å²) in [5, 5.41) is 16.0. The minimum absolute atomic E-state index is 0.0110. The highest BCUT2D eigenvalue weighted by molar-refractivity contribution is 7.09. The monoisotopic (exact) mass is 498 g/mol. The van der Waals surface area contributed by atoms with Gasteiger partial charge in [-0.05, 0) is 64.7 Å². The molecule has 2 aromatic rings. The Balaban J connectivity index is 1.52. The van der Waals surface area contributed by atoms with Gasteiger partial charge in [0.15, 0.2) is 0 Å². The zero-order valence-electron chi connectivity index (χ0n) is 22.2. The van der Waals surface area contributed by atoms with Crippen LogP contribution in [0.15, 0.2) is 29.6 Å². The smallest absolute Gasteiger partial charge is 0.223 e. The van der Waals surface area contributed by atoms with Crippen molar-refractivity contribution < 1.29 is 14.7 Å². The van der Waals surface area contributed by atoms with E-state index in [2.05, 4.69) is 70.4 Å². The van der Waals surface area contributed by atoms with Crippen molar-refractivity contribution >= 4 is 23.2 Å². The molecule has 1 saturated heterocycles. The molecule has 1 aromatic carbocycles. The van der Waals surface area contributed by atoms with Crippen molar-refractivity contribution in [2.75, 3.05) is 19.6 Å². The van der Waals surface area contributed by atoms with E-state index in [-0.39, 0.29) is 28.6 Å². The summed E-state index contributed by atoms with van der Waals surface area (Å²) in [6.07, 6.45) is 3.39. The number of aromatic hydroxyl groups is 1. The molecular formula is C29H42N2O3S. The van der Waals surface area contributed by atoms with E-state index in [0.717, 1.165) is 36.0 Å². The van der Waals surface area contributed by atoms with Crippen LogP contribution in [-0.2, 0) is 33.3 Å². The molecule has 6 heteroatoms. The average Bonchev–Trinajstić information content (AvgIpc) is 3.30. The van der Waals surface area contributed by atoms with Gasteiger partial charge in [-0.1, -0.05) is 59.7 Å². The van der Waals surface area contributed by atoms with Crippen molar-refractivity contribution in [3.63, 3.8) is 0 Å². The highest BCUT2D eigenvalue weighted by atomic mass is 32.1. The summed E-state index contributed by atoms with van der Waals surface area (Å²) < 4.78 is 0. The molecule has 35 heavy (non-hydrogen) atoms. The van der Waals surface area contributed by atoms with Crippen molar-refractivity contribution in [3.05, 3.63) is 51.2 Å². The fourth-order valence-corrected chi connectivity index (χ4v) is 5.40. The molecule has 0 aliphatic carbocycles. The van der Waals surface area contributed by atoms with Gasteiger partial charge in [-0.25, -0.2) is 0 Å². The van der Waals surface area contributed by atoms with Crippen molar-refractivity contribution in [2.24, 2.45) is 5.92 Å². The fourth-order valence-electron chi connectivity index (χ4n) is 4.69. The molecule has 1 aromatic heterocycles. The Kier molecular flexibility index (Phi) is 8.68. The number of phenols is 1. The van der Waals surface area contributed by atoms with E-state index in [1.807, 2.05) is 11.0 Å². The van der Waals surface area contributed by atoms with E-state index in [9.17, 15) is 14.7 Å². The standard InChI is InChI=1S/C29H42N2O3S/c1-28(2,3)23-18-20(19-24(26(23)33)29(4,5)6)9-10-25(32)31-15-12-21(13-16-31)27(34)30-14-11-22-8-7-17-35-22/h7-8,17-19,21,33H,9-16H2,1-6H3,(H,30,34). The number of hydrogen-bond donors (Lipinski definition) is 2. The maximum Gasteiger partial charge on any atom is 0.223 e. The molecule has 1 fully saturated rings. The summed E-state index contributed by atoms with van der Waals surface area (Å²) >= 11 is 1.71. The fraction of sp³-hybridized carbons (Fsp3) is 0.586. The summed E-state index contributed by atoms with van der Waals surface area (Å²) in [6, 6.07) is 8.24. The first-order valence-corrected chi connectivity index (χ1v) is 13.7. The zero-order chi connectivity index (χ0) is 25.8. The molecule has 0 spiro atoms. The number of aryl methyl sites for hydroxylation is 1. The van der Waals surface area contributed by atoms with Crippen molar-refractivity contribution in [1.29, 1.82) is 0 Å². The molecule has 0 atom stereocenters. The number of carbonyl (C=O) groups is 2. The Morgan fingerprint density at radius 3 is 2.14 bits per heavy atom. The Morgan fingerprint density at radius 1 is 1.03 bits per heavy atom. The lowest BCUT2D eigenvalue weighted by Crippen LogP contribution is -2.43. The SMILES string of the molecule is CC(C)(C)c1cc(CCC(=O)N2CCC(C(=O)NCCc3cccs3)CC2)cc(C(C)(C)C)c1O. The maximum absolute atomic E-state index is 13.0. The number of likely N-dealkylation sites (tertiary alicyclic amines) is 1. The number of thiophene rings is 1. The van der Waals surface area contributed by atoms with E-state index >= 15 is 0 Å². The van der Waals surface area contributed by atoms with Gasteiger partial charge in [0.1, 0.15) is 5.75 Å². The van der Waals surface area contributed by atoms with E-state index in [4.69, 9.17) is 0 Å². The Morgan fingerprint density at radius 2 is 1.63 bits per heavy atom. The molecule has 2 heterocycles. The highest BCUT2D eigenvalue weighted by Gasteiger charge is 2.29. The highest BCUT2D eigenvalue weighted by Crippen LogP contribution is 2.40. The van der Waals surface area contributed by atoms with Gasteiger partial charge in [0, 0.05) is 36.9 Å². The quantitative estimate of drug-likeness (QED) is 0.524. The van der Waals surface area contributed by atoms with Gasteiger partial charge in [0.25, 0.3) is 0 Å². The van der Waals surface area contributed by atoms with Crippen LogP contribution in [0.5, 0.6) is 5.75 Å². The van der Waals surface area contributed by atoms with Gasteiger partial charge in [0.05, 0.1) is 0 Å². The number of phenolic OH excluding ortho intramolecular Hbond substituents is 1. The summed E-state index contributed by atoms with van der Waals surface area (Å²) in [7, 11) is 0. The number of benzene rings is 1. The van der Waals surface area contributed by atoms with Crippen molar-refractivity contribution in [1.82, 2.24) is 10.2 Å². The van der Waals surface area contributed by atoms with E-state index in [1.54, 1.807) is 11.3 Å². The predicted octanol–water partition coefficient (Wildman–Crippen LogP) is 5.58. The van der Waals surface area contributed by atoms with Gasteiger partial charge in [-0.2, -0.15) is 0 Å². The number of piperidine rings is 1. The summed E-state index contributed by atoms with van der Waals surface area (Å²) in [5.41, 5.74) is 2.58. The van der Waals surface area contributed by atoms with Crippen molar-refractivity contribution in [2.45, 2.75) is 84.5 Å². The summed E-state index contributed by atoms with van der Waals surface area (Å²) in [6.45, 7) is 14.6. The Hall–Kier alpha value is -2.34. The van der Waals surface area contributed by atoms with Crippen LogP contribution in [-0.4, -0.2) is 41.5 Å². The third-order valence-electron chi connectivity index (χ3n) is 6.88. The number of amides is 2. The maximum atomic E-state index is 13.0. The third-order valence-corrected chi connectivity index (χ3v) is 7.82. The first kappa shape index (κ1) is 27.3. The average molecular weight is 499 g/mol. The topological polar surface area (TPSA) is 69.6 Å². The van der Waals surface area contributed by atoms with Crippen LogP contribution >= 0.6 is 11.3 Å². The predicted molar refractivity (Wildman–Crippen MR) is 144 cm³/mol. The lowest BCUT2D eigenvalue weighted by molar-refractivity contribution is -0.135. The molecule has 1 aliphatic heterocycles. The molecule has 192 valence electrons. The second kappa shape index (κ2) is 11.2. The second-order valence-corrected chi connectivity index (χ2v) is 12.8. The van der Waals surface area contributed by atoms with Crippen LogP contribution in [0.4, 0.5) is 0 Å². The van der Waals surface area contributed by atoms with E-state index < -0.39 is 0 Å². The molecule has 0 bridgehead atoms. The number of rotatable bonds is 7. The first-order chi connectivity index (χ1) is 16.4. The van der Waals surface area contributed by atoms with Gasteiger partial charge >= 0.3 is 0 Å². The van der Waals surface area contributed by atoms with Gasteiger partial charge in [-0.3, -0.25) is 9.59 Å². The largest absolute Gasteiger partial charge is 0.507 e. The van der Waals surface area contributed by atoms with Crippen LogP contribution in [0.2, 0.25) is 0 Å². The van der Waals surface area contributed by atoms with Gasteiger partial charge < -0.3 is 15.3 Å². The van der Waals surface area contributed by atoms with E-state index in [0.29, 0.717) is 38.2 Å². The number of carbonyl (C=O) groups excluding carboxylic acids is 2. The lowest BCUT2D eigenvalue weighted by atomic mass is 9.78. The normalized spacial score (nSPS) is 15.3. The minimum atomic E-state index is -0.184. The molecule has 5 nitrogen and oxygen atoms in total. The summed E-state index contributed by atoms with van der Waals surface area (Å²) in [4.78, 5) is 28.7. The molecule has 2 N–H and O–H groups in total. The van der Waals surface area contributed by atoms with Crippen LogP contribution in [0.25, 0.3) is 0 Å². The molecule has 2 amide bonds. The molecular weight excluding hydrogens is 456 g/mol. The molecule has 3 rings (SSSR count). The Bertz CT molecular complexity index is 973. The zero-order valence-corrected chi connectivity index (χ0v) is 23.1. The van der Waals surface area contributed by atoms with Crippen LogP contribution in [0.3, 0.4) is 0 Å². The number of nitrogens with zero attached hydrogens (tertiary/aromatic N) is 1. The van der Waals surface area contributed by atoms with Crippen LogP contribution in [0, 0.1) is 5.92 Å². The second-order valence-electron chi connectivity index (χ2n) is 11.8. The third kappa shape index (κ3) is 7.33. The number of hydrogen-bond acceptors (Lipinski definition) is 4. The number of nitrogens with one attached hydrogen (secondary N) is 1. The minimum Gasteiger partial charge on any atom is -0.507 e. The molecule has 0 radical (unpaired) electrons. The van der Waals surface area contributed by atoms with Crippen molar-refractivity contribution in [3.8, 4) is 5.75 Å². The molecule has 1 aliphatic rings.